The SMILES string of the molecule is COC(c1noc(CNc2ccc(Cl)cc2)n1)C1CC1. The molecule has 6 heteroatoms. The van der Waals surface area contributed by atoms with E-state index in [0.29, 0.717) is 29.2 Å². The lowest BCUT2D eigenvalue weighted by Crippen LogP contribution is -2.06. The Morgan fingerprint density at radius 1 is 1.40 bits per heavy atom. The van der Waals surface area contributed by atoms with E-state index in [2.05, 4.69) is 15.5 Å². The van der Waals surface area contributed by atoms with E-state index in [-0.39, 0.29) is 6.10 Å². The maximum atomic E-state index is 5.84. The molecule has 1 unspecified atom stereocenters. The Labute approximate surface area is 122 Å². The predicted octanol–water partition coefficient (Wildman–Crippen LogP) is 3.43. The third kappa shape index (κ3) is 3.11. The maximum Gasteiger partial charge on any atom is 0.246 e. The van der Waals surface area contributed by atoms with Crippen LogP contribution >= 0.6 is 11.6 Å². The van der Waals surface area contributed by atoms with E-state index in [1.807, 2.05) is 24.3 Å². The highest BCUT2D eigenvalue weighted by atomic mass is 35.5. The zero-order chi connectivity index (χ0) is 13.9. The molecule has 2 aromatic rings. The van der Waals surface area contributed by atoms with Crippen LogP contribution in [0.1, 0.15) is 30.7 Å². The van der Waals surface area contributed by atoms with E-state index < -0.39 is 0 Å². The van der Waals surface area contributed by atoms with Crippen molar-refractivity contribution in [3.05, 3.63) is 41.0 Å². The molecule has 3 rings (SSSR count). The van der Waals surface area contributed by atoms with E-state index in [9.17, 15) is 0 Å². The molecule has 20 heavy (non-hydrogen) atoms. The number of aromatic nitrogens is 2. The maximum absolute atomic E-state index is 5.84. The van der Waals surface area contributed by atoms with Crippen molar-refractivity contribution in [1.29, 1.82) is 0 Å². The number of methoxy groups -OCH3 is 1. The van der Waals surface area contributed by atoms with Gasteiger partial charge in [0.05, 0.1) is 6.54 Å². The highest BCUT2D eigenvalue weighted by Crippen LogP contribution is 2.41. The van der Waals surface area contributed by atoms with Gasteiger partial charge in [0.2, 0.25) is 11.7 Å². The van der Waals surface area contributed by atoms with E-state index in [1.165, 1.54) is 12.8 Å². The van der Waals surface area contributed by atoms with E-state index in [0.717, 1.165) is 5.69 Å². The molecule has 0 amide bonds. The van der Waals surface area contributed by atoms with Crippen LogP contribution in [0.4, 0.5) is 5.69 Å². The molecule has 1 saturated carbocycles. The van der Waals surface area contributed by atoms with Gasteiger partial charge in [-0.2, -0.15) is 4.98 Å². The molecule has 0 radical (unpaired) electrons. The summed E-state index contributed by atoms with van der Waals surface area (Å²) in [5, 5.41) is 7.92. The van der Waals surface area contributed by atoms with Crippen molar-refractivity contribution in [3.63, 3.8) is 0 Å². The van der Waals surface area contributed by atoms with Gasteiger partial charge in [-0.3, -0.25) is 0 Å². The van der Waals surface area contributed by atoms with Gasteiger partial charge in [-0.05, 0) is 43.0 Å². The molecule has 0 saturated heterocycles. The molecule has 1 aliphatic carbocycles. The largest absolute Gasteiger partial charge is 0.376 e. The summed E-state index contributed by atoms with van der Waals surface area (Å²) in [6, 6.07) is 7.47. The molecule has 0 bridgehead atoms. The second-order valence-corrected chi connectivity index (χ2v) is 5.34. The summed E-state index contributed by atoms with van der Waals surface area (Å²) < 4.78 is 10.7. The van der Waals surface area contributed by atoms with Crippen LogP contribution in [-0.2, 0) is 11.3 Å². The molecule has 1 atom stereocenters. The fraction of sp³-hybridized carbons (Fsp3) is 0.429. The van der Waals surface area contributed by atoms with Gasteiger partial charge in [0.1, 0.15) is 6.10 Å². The number of halogens is 1. The molecule has 5 nitrogen and oxygen atoms in total. The Balaban J connectivity index is 1.60. The number of anilines is 1. The van der Waals surface area contributed by atoms with E-state index in [4.69, 9.17) is 20.9 Å². The van der Waals surface area contributed by atoms with E-state index >= 15 is 0 Å². The monoisotopic (exact) mass is 293 g/mol. The smallest absolute Gasteiger partial charge is 0.246 e. The van der Waals surface area contributed by atoms with Gasteiger partial charge in [-0.25, -0.2) is 0 Å². The van der Waals surface area contributed by atoms with Gasteiger partial charge in [0.15, 0.2) is 0 Å². The van der Waals surface area contributed by atoms with Gasteiger partial charge in [-0.15, -0.1) is 0 Å². The number of benzene rings is 1. The minimum absolute atomic E-state index is 0.0389. The van der Waals surface area contributed by atoms with Crippen molar-refractivity contribution in [2.45, 2.75) is 25.5 Å². The topological polar surface area (TPSA) is 60.2 Å². The number of nitrogens with zero attached hydrogens (tertiary/aromatic N) is 2. The van der Waals surface area contributed by atoms with Gasteiger partial charge < -0.3 is 14.6 Å². The lowest BCUT2D eigenvalue weighted by molar-refractivity contribution is 0.0751. The Morgan fingerprint density at radius 2 is 2.15 bits per heavy atom. The summed E-state index contributed by atoms with van der Waals surface area (Å²) in [7, 11) is 1.69. The van der Waals surface area contributed by atoms with Crippen molar-refractivity contribution < 1.29 is 9.26 Å². The molecule has 1 aliphatic rings. The molecule has 1 heterocycles. The van der Waals surface area contributed by atoms with Gasteiger partial charge in [0.25, 0.3) is 0 Å². The second-order valence-electron chi connectivity index (χ2n) is 4.90. The average Bonchev–Trinajstić information content (AvgIpc) is 3.18. The summed E-state index contributed by atoms with van der Waals surface area (Å²) in [5.41, 5.74) is 0.958. The number of hydrogen-bond acceptors (Lipinski definition) is 5. The first-order chi connectivity index (χ1) is 9.76. The Morgan fingerprint density at radius 3 is 2.80 bits per heavy atom. The molecule has 106 valence electrons. The normalized spacial score (nSPS) is 16.1. The lowest BCUT2D eigenvalue weighted by Gasteiger charge is -2.08. The standard InChI is InChI=1S/C14H16ClN3O2/c1-19-13(9-2-3-9)14-17-12(20-18-14)8-16-11-6-4-10(15)5-7-11/h4-7,9,13,16H,2-3,8H2,1H3. The zero-order valence-electron chi connectivity index (χ0n) is 11.2. The van der Waals surface area contributed by atoms with Crippen LogP contribution in [0.5, 0.6) is 0 Å². The van der Waals surface area contributed by atoms with Crippen molar-refractivity contribution >= 4 is 17.3 Å². The van der Waals surface area contributed by atoms with Gasteiger partial charge in [-0.1, -0.05) is 16.8 Å². The van der Waals surface area contributed by atoms with Crippen LogP contribution in [-0.4, -0.2) is 17.3 Å². The van der Waals surface area contributed by atoms with Crippen LogP contribution < -0.4 is 5.32 Å². The Bertz CT molecular complexity index is 566. The van der Waals surface area contributed by atoms with Crippen molar-refractivity contribution in [3.8, 4) is 0 Å². The van der Waals surface area contributed by atoms with E-state index in [1.54, 1.807) is 7.11 Å². The summed E-state index contributed by atoms with van der Waals surface area (Å²) >= 11 is 5.84. The molecule has 1 aromatic carbocycles. The highest BCUT2D eigenvalue weighted by molar-refractivity contribution is 6.30. The minimum atomic E-state index is -0.0389. The number of ether oxygens (including phenoxy) is 1. The molecule has 1 fully saturated rings. The summed E-state index contributed by atoms with van der Waals surface area (Å²) in [4.78, 5) is 4.38. The predicted molar refractivity (Wildman–Crippen MR) is 75.6 cm³/mol. The van der Waals surface area contributed by atoms with Crippen molar-refractivity contribution in [1.82, 2.24) is 10.1 Å². The Hall–Kier alpha value is -1.59. The van der Waals surface area contributed by atoms with Crippen LogP contribution in [0, 0.1) is 5.92 Å². The first-order valence-corrected chi connectivity index (χ1v) is 6.99. The average molecular weight is 294 g/mol. The summed E-state index contributed by atoms with van der Waals surface area (Å²) in [6.45, 7) is 0.482. The number of rotatable bonds is 6. The fourth-order valence-corrected chi connectivity index (χ4v) is 2.23. The minimum Gasteiger partial charge on any atom is -0.376 e. The van der Waals surface area contributed by atoms with Crippen molar-refractivity contribution in [2.75, 3.05) is 12.4 Å². The molecule has 1 N–H and O–H groups in total. The molecule has 0 aliphatic heterocycles. The summed E-state index contributed by atoms with van der Waals surface area (Å²) in [6.07, 6.45) is 2.31. The molecular weight excluding hydrogens is 278 g/mol. The Kier molecular flexibility index (Phi) is 3.89. The highest BCUT2D eigenvalue weighted by Gasteiger charge is 2.35. The summed E-state index contributed by atoms with van der Waals surface area (Å²) in [5.74, 6) is 1.73. The second kappa shape index (κ2) is 5.81. The van der Waals surface area contributed by atoms with Crippen LogP contribution in [0.2, 0.25) is 5.02 Å². The zero-order valence-corrected chi connectivity index (χ0v) is 11.9. The van der Waals surface area contributed by atoms with Crippen LogP contribution in [0.15, 0.2) is 28.8 Å². The third-order valence-corrected chi connectivity index (χ3v) is 3.58. The third-order valence-electron chi connectivity index (χ3n) is 3.33. The first-order valence-electron chi connectivity index (χ1n) is 6.61. The number of hydrogen-bond donors (Lipinski definition) is 1. The molecule has 1 aromatic heterocycles. The van der Waals surface area contributed by atoms with Gasteiger partial charge in [0, 0.05) is 17.8 Å². The van der Waals surface area contributed by atoms with Gasteiger partial charge >= 0.3 is 0 Å². The molecule has 0 spiro atoms. The fourth-order valence-electron chi connectivity index (χ4n) is 2.11. The number of nitrogens with one attached hydrogen (secondary N) is 1. The lowest BCUT2D eigenvalue weighted by atomic mass is 10.2. The molecular formula is C14H16ClN3O2. The van der Waals surface area contributed by atoms with Crippen LogP contribution in [0.3, 0.4) is 0 Å². The quantitative estimate of drug-likeness (QED) is 0.884. The van der Waals surface area contributed by atoms with Crippen LogP contribution in [0.25, 0.3) is 0 Å². The van der Waals surface area contributed by atoms with Crippen molar-refractivity contribution in [2.24, 2.45) is 5.92 Å². The first kappa shape index (κ1) is 13.4.